The number of allylic oxidation sites excluding steroid dienone is 1. The van der Waals surface area contributed by atoms with E-state index in [1.807, 2.05) is 0 Å². The predicted molar refractivity (Wildman–Crippen MR) is 63.2 cm³/mol. The van der Waals surface area contributed by atoms with E-state index < -0.39 is 0 Å². The molecule has 2 nitrogen and oxygen atoms in total. The largest absolute Gasteiger partial charge is 0.396 e. The number of fused-ring (bicyclic) bond motifs is 1. The number of ether oxygens (including phenoxy) is 1. The van der Waals surface area contributed by atoms with E-state index in [0.717, 1.165) is 31.3 Å². The molecule has 1 spiro atoms. The van der Waals surface area contributed by atoms with Crippen molar-refractivity contribution in [3.8, 4) is 0 Å². The molecule has 0 amide bonds. The first-order valence-corrected chi connectivity index (χ1v) is 6.79. The lowest BCUT2D eigenvalue weighted by atomic mass is 9.64. The molecule has 16 heavy (non-hydrogen) atoms. The highest BCUT2D eigenvalue weighted by Crippen LogP contribution is 2.54. The van der Waals surface area contributed by atoms with Gasteiger partial charge < -0.3 is 9.84 Å². The molecule has 3 rings (SSSR count). The molecule has 0 aromatic rings. The highest BCUT2D eigenvalue weighted by atomic mass is 16.5. The summed E-state index contributed by atoms with van der Waals surface area (Å²) in [7, 11) is 0. The molecule has 1 N–H and O–H groups in total. The fourth-order valence-corrected chi connectivity index (χ4v) is 4.03. The van der Waals surface area contributed by atoms with Crippen LogP contribution in [0.3, 0.4) is 0 Å². The second-order valence-corrected chi connectivity index (χ2v) is 5.68. The Hall–Kier alpha value is -0.340. The minimum atomic E-state index is 0.107. The van der Waals surface area contributed by atoms with Gasteiger partial charge in [-0.25, -0.2) is 0 Å². The number of hydrogen-bond donors (Lipinski definition) is 1. The molecule has 1 saturated carbocycles. The third kappa shape index (κ3) is 1.54. The number of aliphatic hydroxyl groups excluding tert-OH is 1. The van der Waals surface area contributed by atoms with Crippen molar-refractivity contribution in [2.45, 2.75) is 50.5 Å². The summed E-state index contributed by atoms with van der Waals surface area (Å²) in [5, 5.41) is 8.99. The van der Waals surface area contributed by atoms with Gasteiger partial charge in [0.15, 0.2) is 0 Å². The Bertz CT molecular complexity index is 297. The van der Waals surface area contributed by atoms with Gasteiger partial charge in [-0.2, -0.15) is 0 Å². The van der Waals surface area contributed by atoms with E-state index in [-0.39, 0.29) is 5.60 Å². The zero-order valence-corrected chi connectivity index (χ0v) is 9.95. The molecule has 0 radical (unpaired) electrons. The second kappa shape index (κ2) is 4.15. The smallest absolute Gasteiger partial charge is 0.0923 e. The Balaban J connectivity index is 1.84. The summed E-state index contributed by atoms with van der Waals surface area (Å²) in [5.74, 6) is 1.58. The van der Waals surface area contributed by atoms with Crippen LogP contribution in [0.5, 0.6) is 0 Å². The molecule has 2 aliphatic carbocycles. The average molecular weight is 222 g/mol. The summed E-state index contributed by atoms with van der Waals surface area (Å²) < 4.78 is 6.23. The molecule has 2 heteroatoms. The molecule has 3 aliphatic rings. The van der Waals surface area contributed by atoms with Gasteiger partial charge in [0.05, 0.1) is 12.2 Å². The Kier molecular flexibility index (Phi) is 2.80. The van der Waals surface area contributed by atoms with Crippen LogP contribution in [0.2, 0.25) is 0 Å². The SMILES string of the molecule is OCCCC1=CCCC2CCC3COC12C3. The van der Waals surface area contributed by atoms with Gasteiger partial charge in [-0.05, 0) is 62.4 Å². The maximum Gasteiger partial charge on any atom is 0.0923 e. The molecule has 1 aliphatic heterocycles. The van der Waals surface area contributed by atoms with Crippen molar-refractivity contribution in [3.63, 3.8) is 0 Å². The van der Waals surface area contributed by atoms with Crippen molar-refractivity contribution < 1.29 is 9.84 Å². The van der Waals surface area contributed by atoms with Crippen LogP contribution < -0.4 is 0 Å². The molecule has 3 unspecified atom stereocenters. The standard InChI is InChI=1S/C14H22O2/c15-8-2-5-12-3-1-4-13-7-6-11-9-14(12,13)16-10-11/h3,11,13,15H,1-2,4-10H2. The van der Waals surface area contributed by atoms with E-state index in [4.69, 9.17) is 9.84 Å². The van der Waals surface area contributed by atoms with Gasteiger partial charge in [-0.1, -0.05) is 6.08 Å². The molecule has 3 atom stereocenters. The second-order valence-electron chi connectivity index (χ2n) is 5.68. The summed E-state index contributed by atoms with van der Waals surface area (Å²) >= 11 is 0. The summed E-state index contributed by atoms with van der Waals surface area (Å²) in [6.45, 7) is 1.29. The van der Waals surface area contributed by atoms with Crippen LogP contribution in [0.1, 0.15) is 44.9 Å². The number of aliphatic hydroxyl groups is 1. The van der Waals surface area contributed by atoms with Gasteiger partial charge in [0, 0.05) is 6.61 Å². The molecule has 1 heterocycles. The molecule has 2 fully saturated rings. The zero-order chi connectivity index (χ0) is 11.0. The summed E-state index contributed by atoms with van der Waals surface area (Å²) in [6, 6.07) is 0. The van der Waals surface area contributed by atoms with Crippen molar-refractivity contribution in [1.29, 1.82) is 0 Å². The van der Waals surface area contributed by atoms with E-state index in [2.05, 4.69) is 6.08 Å². The van der Waals surface area contributed by atoms with E-state index >= 15 is 0 Å². The predicted octanol–water partition coefficient (Wildman–Crippen LogP) is 2.66. The van der Waals surface area contributed by atoms with Crippen molar-refractivity contribution in [3.05, 3.63) is 11.6 Å². The van der Waals surface area contributed by atoms with Crippen LogP contribution in [0.4, 0.5) is 0 Å². The van der Waals surface area contributed by atoms with Gasteiger partial charge in [0.25, 0.3) is 0 Å². The normalized spacial score (nSPS) is 41.7. The highest BCUT2D eigenvalue weighted by molar-refractivity contribution is 5.26. The van der Waals surface area contributed by atoms with E-state index in [1.54, 1.807) is 0 Å². The lowest BCUT2D eigenvalue weighted by Crippen LogP contribution is -2.43. The van der Waals surface area contributed by atoms with Crippen molar-refractivity contribution in [2.75, 3.05) is 13.2 Å². The van der Waals surface area contributed by atoms with Gasteiger partial charge in [0.2, 0.25) is 0 Å². The van der Waals surface area contributed by atoms with Crippen molar-refractivity contribution in [2.24, 2.45) is 11.8 Å². The molecule has 90 valence electrons. The van der Waals surface area contributed by atoms with Gasteiger partial charge in [-0.15, -0.1) is 0 Å². The average Bonchev–Trinajstić information content (AvgIpc) is 2.65. The van der Waals surface area contributed by atoms with Gasteiger partial charge in [-0.3, -0.25) is 0 Å². The van der Waals surface area contributed by atoms with Crippen molar-refractivity contribution >= 4 is 0 Å². The quantitative estimate of drug-likeness (QED) is 0.744. The Morgan fingerprint density at radius 3 is 3.19 bits per heavy atom. The molecular weight excluding hydrogens is 200 g/mol. The minimum Gasteiger partial charge on any atom is -0.396 e. The zero-order valence-electron chi connectivity index (χ0n) is 9.95. The lowest BCUT2D eigenvalue weighted by Gasteiger charge is -2.44. The molecule has 0 aromatic carbocycles. The fraction of sp³-hybridized carbons (Fsp3) is 0.857. The van der Waals surface area contributed by atoms with Crippen LogP contribution in [-0.4, -0.2) is 23.9 Å². The molecular formula is C14H22O2. The topological polar surface area (TPSA) is 29.5 Å². The third-order valence-electron chi connectivity index (χ3n) is 4.81. The Labute approximate surface area is 97.7 Å². The Morgan fingerprint density at radius 2 is 2.31 bits per heavy atom. The van der Waals surface area contributed by atoms with Crippen LogP contribution in [0.25, 0.3) is 0 Å². The maximum atomic E-state index is 8.99. The number of hydrogen-bond acceptors (Lipinski definition) is 2. The number of rotatable bonds is 3. The first-order valence-electron chi connectivity index (χ1n) is 6.79. The third-order valence-corrected chi connectivity index (χ3v) is 4.81. The van der Waals surface area contributed by atoms with E-state index in [1.165, 1.54) is 37.7 Å². The summed E-state index contributed by atoms with van der Waals surface area (Å²) in [5.41, 5.74) is 1.62. The van der Waals surface area contributed by atoms with Crippen LogP contribution >= 0.6 is 0 Å². The molecule has 1 saturated heterocycles. The first-order chi connectivity index (χ1) is 7.85. The summed E-state index contributed by atoms with van der Waals surface area (Å²) in [4.78, 5) is 0. The van der Waals surface area contributed by atoms with Gasteiger partial charge >= 0.3 is 0 Å². The maximum absolute atomic E-state index is 8.99. The van der Waals surface area contributed by atoms with Gasteiger partial charge in [0.1, 0.15) is 0 Å². The first kappa shape index (κ1) is 10.8. The fourth-order valence-electron chi connectivity index (χ4n) is 4.03. The van der Waals surface area contributed by atoms with Crippen LogP contribution in [0, 0.1) is 11.8 Å². The minimum absolute atomic E-state index is 0.107. The molecule has 0 aromatic heterocycles. The summed E-state index contributed by atoms with van der Waals surface area (Å²) in [6.07, 6.45) is 10.9. The van der Waals surface area contributed by atoms with Crippen LogP contribution in [-0.2, 0) is 4.74 Å². The lowest BCUT2D eigenvalue weighted by molar-refractivity contribution is -0.0251. The Morgan fingerprint density at radius 1 is 1.38 bits per heavy atom. The highest BCUT2D eigenvalue weighted by Gasteiger charge is 2.52. The van der Waals surface area contributed by atoms with Crippen LogP contribution in [0.15, 0.2) is 11.6 Å². The van der Waals surface area contributed by atoms with E-state index in [9.17, 15) is 0 Å². The van der Waals surface area contributed by atoms with E-state index in [0.29, 0.717) is 6.61 Å². The monoisotopic (exact) mass is 222 g/mol. The molecule has 2 bridgehead atoms. The van der Waals surface area contributed by atoms with Crippen molar-refractivity contribution in [1.82, 2.24) is 0 Å².